The largest absolute Gasteiger partial charge is 0.497 e. The monoisotopic (exact) mass is 524 g/mol. The van der Waals surface area contributed by atoms with Gasteiger partial charge < -0.3 is 28.4 Å². The summed E-state index contributed by atoms with van der Waals surface area (Å²) in [6.07, 6.45) is 5.78. The van der Waals surface area contributed by atoms with Gasteiger partial charge in [-0.3, -0.25) is 0 Å². The van der Waals surface area contributed by atoms with Gasteiger partial charge in [-0.05, 0) is 60.9 Å². The number of methoxy groups -OCH3 is 1. The average molecular weight is 525 g/mol. The van der Waals surface area contributed by atoms with E-state index in [1.807, 2.05) is 24.3 Å². The second-order valence-corrected chi connectivity index (χ2v) is 7.73. The molecule has 0 spiro atoms. The Morgan fingerprint density at radius 2 is 1.42 bits per heavy atom. The number of esters is 3. The van der Waals surface area contributed by atoms with Crippen molar-refractivity contribution in [1.82, 2.24) is 0 Å². The van der Waals surface area contributed by atoms with Crippen LogP contribution in [0.4, 0.5) is 0 Å². The highest BCUT2D eigenvalue weighted by Gasteiger charge is 2.15. The Morgan fingerprint density at radius 1 is 0.789 bits per heavy atom. The van der Waals surface area contributed by atoms with E-state index in [0.717, 1.165) is 24.1 Å². The van der Waals surface area contributed by atoms with Crippen LogP contribution in [0.25, 0.3) is 6.08 Å². The number of hydrogen-bond acceptors (Lipinski definition) is 9. The molecule has 0 aliphatic heterocycles. The summed E-state index contributed by atoms with van der Waals surface area (Å²) < 4.78 is 31.6. The Hall–Kier alpha value is -4.37. The van der Waals surface area contributed by atoms with Crippen molar-refractivity contribution >= 4 is 24.0 Å². The molecule has 2 aromatic rings. The third-order valence-electron chi connectivity index (χ3n) is 4.85. The molecule has 0 saturated carbocycles. The number of benzene rings is 2. The van der Waals surface area contributed by atoms with E-state index in [4.69, 9.17) is 28.4 Å². The summed E-state index contributed by atoms with van der Waals surface area (Å²) in [5, 5.41) is 0. The van der Waals surface area contributed by atoms with Crippen LogP contribution in [0.2, 0.25) is 0 Å². The van der Waals surface area contributed by atoms with Crippen LogP contribution < -0.4 is 14.2 Å². The first-order valence-electron chi connectivity index (χ1n) is 11.9. The van der Waals surface area contributed by atoms with E-state index < -0.39 is 24.0 Å². The predicted molar refractivity (Wildman–Crippen MR) is 141 cm³/mol. The number of rotatable bonds is 17. The average Bonchev–Trinajstić information content (AvgIpc) is 2.94. The lowest BCUT2D eigenvalue weighted by molar-refractivity contribution is -0.156. The second-order valence-electron chi connectivity index (χ2n) is 7.73. The van der Waals surface area contributed by atoms with Gasteiger partial charge in [0.05, 0.1) is 20.3 Å². The van der Waals surface area contributed by atoms with E-state index in [0.29, 0.717) is 36.9 Å². The van der Waals surface area contributed by atoms with Crippen molar-refractivity contribution < 1.29 is 42.8 Å². The van der Waals surface area contributed by atoms with E-state index in [9.17, 15) is 14.4 Å². The lowest BCUT2D eigenvalue weighted by Crippen LogP contribution is -2.29. The normalized spacial score (nSPS) is 11.3. The van der Waals surface area contributed by atoms with Crippen molar-refractivity contribution in [2.24, 2.45) is 0 Å². The summed E-state index contributed by atoms with van der Waals surface area (Å²) in [6.45, 7) is 7.49. The number of carbonyl (C=O) groups is 3. The third-order valence-corrected chi connectivity index (χ3v) is 4.85. The molecule has 1 unspecified atom stereocenters. The zero-order valence-corrected chi connectivity index (χ0v) is 21.3. The molecule has 0 aliphatic rings. The topological polar surface area (TPSA) is 107 Å². The van der Waals surface area contributed by atoms with Crippen LogP contribution in [-0.4, -0.2) is 57.5 Å². The van der Waals surface area contributed by atoms with Gasteiger partial charge in [0.1, 0.15) is 23.9 Å². The maximum absolute atomic E-state index is 12.0. The van der Waals surface area contributed by atoms with Crippen LogP contribution >= 0.6 is 0 Å². The Labute approximate surface area is 222 Å². The first kappa shape index (κ1) is 29.9. The van der Waals surface area contributed by atoms with Crippen molar-refractivity contribution in [2.45, 2.75) is 18.9 Å². The summed E-state index contributed by atoms with van der Waals surface area (Å²) in [6, 6.07) is 14.0. The molecular weight excluding hydrogens is 492 g/mol. The highest BCUT2D eigenvalue weighted by atomic mass is 16.6. The molecule has 0 bridgehead atoms. The molecule has 0 fully saturated rings. The van der Waals surface area contributed by atoms with Crippen LogP contribution in [0.15, 0.2) is 79.9 Å². The van der Waals surface area contributed by atoms with Crippen molar-refractivity contribution in [3.05, 3.63) is 85.5 Å². The van der Waals surface area contributed by atoms with Gasteiger partial charge in [-0.25, -0.2) is 14.4 Å². The lowest BCUT2D eigenvalue weighted by Gasteiger charge is -2.17. The van der Waals surface area contributed by atoms with Crippen molar-refractivity contribution in [1.29, 1.82) is 0 Å². The fourth-order valence-electron chi connectivity index (χ4n) is 2.91. The Kier molecular flexibility index (Phi) is 13.5. The minimum atomic E-state index is -0.738. The van der Waals surface area contributed by atoms with E-state index in [2.05, 4.69) is 13.2 Å². The molecule has 0 heterocycles. The molecule has 0 amide bonds. The summed E-state index contributed by atoms with van der Waals surface area (Å²) in [7, 11) is 1.57. The SMILES string of the molecule is C=CC(=O)OCC(COCCCCOc1ccc(C=CC(=O)Oc2ccc(OC)cc2)cc1)OC(=O)C=C. The predicted octanol–water partition coefficient (Wildman–Crippen LogP) is 4.32. The molecule has 202 valence electrons. The number of carbonyl (C=O) groups excluding carboxylic acids is 3. The highest BCUT2D eigenvalue weighted by molar-refractivity contribution is 5.88. The van der Waals surface area contributed by atoms with Crippen molar-refractivity contribution in [3.63, 3.8) is 0 Å². The van der Waals surface area contributed by atoms with Gasteiger partial charge in [-0.15, -0.1) is 0 Å². The molecule has 9 nitrogen and oxygen atoms in total. The number of ether oxygens (including phenoxy) is 6. The summed E-state index contributed by atoms with van der Waals surface area (Å²) in [5.41, 5.74) is 0.822. The quantitative estimate of drug-likeness (QED) is 0.129. The van der Waals surface area contributed by atoms with Gasteiger partial charge in [0.15, 0.2) is 6.10 Å². The lowest BCUT2D eigenvalue weighted by atomic mass is 10.2. The van der Waals surface area contributed by atoms with Gasteiger partial charge in [0.25, 0.3) is 0 Å². The zero-order valence-electron chi connectivity index (χ0n) is 21.3. The van der Waals surface area contributed by atoms with E-state index >= 15 is 0 Å². The first-order chi connectivity index (χ1) is 18.4. The van der Waals surface area contributed by atoms with Gasteiger partial charge in [0.2, 0.25) is 0 Å². The smallest absolute Gasteiger partial charge is 0.336 e. The van der Waals surface area contributed by atoms with Gasteiger partial charge >= 0.3 is 17.9 Å². The van der Waals surface area contributed by atoms with E-state index in [1.165, 1.54) is 6.08 Å². The van der Waals surface area contributed by atoms with Crippen molar-refractivity contribution in [3.8, 4) is 17.2 Å². The van der Waals surface area contributed by atoms with Gasteiger partial charge in [-0.1, -0.05) is 25.3 Å². The maximum Gasteiger partial charge on any atom is 0.336 e. The van der Waals surface area contributed by atoms with Crippen LogP contribution in [0.3, 0.4) is 0 Å². The summed E-state index contributed by atoms with van der Waals surface area (Å²) in [4.78, 5) is 34.6. The molecule has 0 radical (unpaired) electrons. The molecule has 38 heavy (non-hydrogen) atoms. The van der Waals surface area contributed by atoms with Crippen LogP contribution in [0, 0.1) is 0 Å². The molecule has 0 N–H and O–H groups in total. The molecule has 0 saturated heterocycles. The standard InChI is InChI=1S/C29H32O9/c1-4-27(30)36-21-26(38-28(31)5-2)20-34-18-6-7-19-35-24-11-8-22(9-12-24)10-17-29(32)37-25-15-13-23(33-3)14-16-25/h4-5,8-17,26H,1-2,6-7,18-21H2,3H3. The molecule has 2 aromatic carbocycles. The zero-order chi connectivity index (χ0) is 27.6. The van der Waals surface area contributed by atoms with E-state index in [1.54, 1.807) is 37.5 Å². The van der Waals surface area contributed by atoms with Crippen LogP contribution in [0.5, 0.6) is 17.2 Å². The van der Waals surface area contributed by atoms with E-state index in [-0.39, 0.29) is 13.2 Å². The molecular formula is C29H32O9. The molecule has 0 aliphatic carbocycles. The second kappa shape index (κ2) is 17.1. The van der Waals surface area contributed by atoms with Crippen LogP contribution in [-0.2, 0) is 28.6 Å². The number of hydrogen-bond donors (Lipinski definition) is 0. The van der Waals surface area contributed by atoms with Crippen molar-refractivity contribution in [2.75, 3.05) is 33.5 Å². The minimum absolute atomic E-state index is 0.0769. The Morgan fingerprint density at radius 3 is 2.08 bits per heavy atom. The fraction of sp³-hybridized carbons (Fsp3) is 0.276. The fourth-order valence-corrected chi connectivity index (χ4v) is 2.91. The Bertz CT molecular complexity index is 1070. The molecule has 0 aromatic heterocycles. The van der Waals surface area contributed by atoms with Gasteiger partial charge in [0, 0.05) is 24.8 Å². The van der Waals surface area contributed by atoms with Crippen LogP contribution in [0.1, 0.15) is 18.4 Å². The highest BCUT2D eigenvalue weighted by Crippen LogP contribution is 2.18. The summed E-state index contributed by atoms with van der Waals surface area (Å²) in [5.74, 6) is 0.0814. The molecule has 1 atom stereocenters. The number of unbranched alkanes of at least 4 members (excludes halogenated alkanes) is 1. The maximum atomic E-state index is 12.0. The molecule has 9 heteroatoms. The first-order valence-corrected chi connectivity index (χ1v) is 11.9. The molecule has 2 rings (SSSR count). The minimum Gasteiger partial charge on any atom is -0.497 e. The van der Waals surface area contributed by atoms with Gasteiger partial charge in [-0.2, -0.15) is 0 Å². The summed E-state index contributed by atoms with van der Waals surface area (Å²) >= 11 is 0. The third kappa shape index (κ3) is 12.0. The Balaban J connectivity index is 1.64.